The molecule has 0 bridgehead atoms. The van der Waals surface area contributed by atoms with Gasteiger partial charge in [-0.15, -0.1) is 0 Å². The van der Waals surface area contributed by atoms with Gasteiger partial charge in [0.25, 0.3) is 5.91 Å². The van der Waals surface area contributed by atoms with E-state index in [-0.39, 0.29) is 5.82 Å². The maximum atomic E-state index is 13.6. The highest BCUT2D eigenvalue weighted by molar-refractivity contribution is 5.92. The summed E-state index contributed by atoms with van der Waals surface area (Å²) in [6.45, 7) is 0.318. The number of carbonyl (C=O) groups is 1. The predicted molar refractivity (Wildman–Crippen MR) is 71.5 cm³/mol. The minimum absolute atomic E-state index is 0.318. The van der Waals surface area contributed by atoms with Gasteiger partial charge < -0.3 is 5.73 Å². The Morgan fingerprint density at radius 1 is 1.40 bits per heavy atom. The zero-order chi connectivity index (χ0) is 14.1. The summed E-state index contributed by atoms with van der Waals surface area (Å²) >= 11 is 0. The summed E-state index contributed by atoms with van der Waals surface area (Å²) in [4.78, 5) is 15.3. The Balaban J connectivity index is 2.03. The van der Waals surface area contributed by atoms with Crippen molar-refractivity contribution < 1.29 is 9.18 Å². The third-order valence-corrected chi connectivity index (χ3v) is 3.00. The van der Waals surface area contributed by atoms with Gasteiger partial charge in [-0.2, -0.15) is 5.10 Å². The lowest BCUT2D eigenvalue weighted by molar-refractivity contribution is 0.1000. The average Bonchev–Trinajstić information content (AvgIpc) is 2.87. The summed E-state index contributed by atoms with van der Waals surface area (Å²) in [6, 6.07) is 6.40. The Morgan fingerprint density at radius 3 is 3.00 bits per heavy atom. The Morgan fingerprint density at radius 2 is 2.25 bits per heavy atom. The van der Waals surface area contributed by atoms with Crippen LogP contribution in [0.4, 0.5) is 4.39 Å². The van der Waals surface area contributed by atoms with Crippen LogP contribution in [-0.4, -0.2) is 20.7 Å². The minimum Gasteiger partial charge on any atom is -0.366 e. The Bertz CT molecular complexity index is 797. The van der Waals surface area contributed by atoms with Gasteiger partial charge in [0.05, 0.1) is 23.8 Å². The lowest BCUT2D eigenvalue weighted by Crippen LogP contribution is -2.09. The number of aromatic nitrogens is 3. The SMILES string of the molecule is NC(=O)c1cnn(Cc2cc(F)cc3cccnc23)c1. The normalized spacial score (nSPS) is 10.8. The van der Waals surface area contributed by atoms with E-state index in [0.717, 1.165) is 5.39 Å². The Kier molecular flexibility index (Phi) is 2.90. The molecular weight excluding hydrogens is 259 g/mol. The number of benzene rings is 1. The van der Waals surface area contributed by atoms with Crippen LogP contribution < -0.4 is 5.73 Å². The zero-order valence-corrected chi connectivity index (χ0v) is 10.5. The van der Waals surface area contributed by atoms with Crippen LogP contribution in [0.1, 0.15) is 15.9 Å². The van der Waals surface area contributed by atoms with Gasteiger partial charge in [-0.1, -0.05) is 6.07 Å². The number of hydrogen-bond donors (Lipinski definition) is 1. The van der Waals surface area contributed by atoms with Gasteiger partial charge in [0.1, 0.15) is 5.82 Å². The highest BCUT2D eigenvalue weighted by atomic mass is 19.1. The van der Waals surface area contributed by atoms with Crippen molar-refractivity contribution in [2.75, 3.05) is 0 Å². The van der Waals surface area contributed by atoms with Crippen molar-refractivity contribution in [2.45, 2.75) is 6.54 Å². The number of carbonyl (C=O) groups excluding carboxylic acids is 1. The Hall–Kier alpha value is -2.76. The highest BCUT2D eigenvalue weighted by Gasteiger charge is 2.08. The predicted octanol–water partition coefficient (Wildman–Crippen LogP) is 1.72. The second-order valence-corrected chi connectivity index (χ2v) is 4.43. The molecule has 0 fully saturated rings. The zero-order valence-electron chi connectivity index (χ0n) is 10.5. The number of amides is 1. The largest absolute Gasteiger partial charge is 0.366 e. The van der Waals surface area contributed by atoms with Crippen LogP contribution in [0.3, 0.4) is 0 Å². The topological polar surface area (TPSA) is 73.8 Å². The minimum atomic E-state index is -0.543. The maximum Gasteiger partial charge on any atom is 0.251 e. The van der Waals surface area contributed by atoms with Gasteiger partial charge in [0.15, 0.2) is 0 Å². The van der Waals surface area contributed by atoms with Crippen LogP contribution >= 0.6 is 0 Å². The molecule has 5 nitrogen and oxygen atoms in total. The van der Waals surface area contributed by atoms with E-state index in [1.807, 2.05) is 0 Å². The fraction of sp³-hybridized carbons (Fsp3) is 0.0714. The number of hydrogen-bond acceptors (Lipinski definition) is 3. The smallest absolute Gasteiger partial charge is 0.251 e. The van der Waals surface area contributed by atoms with Crippen molar-refractivity contribution in [1.82, 2.24) is 14.8 Å². The first kappa shape index (κ1) is 12.3. The number of primary amides is 1. The van der Waals surface area contributed by atoms with Gasteiger partial charge in [0.2, 0.25) is 0 Å². The van der Waals surface area contributed by atoms with E-state index >= 15 is 0 Å². The van der Waals surface area contributed by atoms with Gasteiger partial charge in [0, 0.05) is 23.3 Å². The maximum absolute atomic E-state index is 13.6. The molecule has 0 aliphatic heterocycles. The number of nitrogens with two attached hydrogens (primary N) is 1. The number of pyridine rings is 1. The van der Waals surface area contributed by atoms with E-state index in [0.29, 0.717) is 23.2 Å². The fourth-order valence-corrected chi connectivity index (χ4v) is 2.10. The molecule has 0 atom stereocenters. The average molecular weight is 270 g/mol. The van der Waals surface area contributed by atoms with Crippen molar-refractivity contribution >= 4 is 16.8 Å². The molecule has 0 saturated heterocycles. The van der Waals surface area contributed by atoms with Crippen LogP contribution in [0.5, 0.6) is 0 Å². The molecule has 3 aromatic rings. The number of fused-ring (bicyclic) bond motifs is 1. The second kappa shape index (κ2) is 4.73. The summed E-state index contributed by atoms with van der Waals surface area (Å²) in [5, 5.41) is 4.76. The van der Waals surface area contributed by atoms with E-state index in [1.165, 1.54) is 29.2 Å². The van der Waals surface area contributed by atoms with Crippen molar-refractivity contribution in [3.63, 3.8) is 0 Å². The van der Waals surface area contributed by atoms with Gasteiger partial charge in [-0.25, -0.2) is 4.39 Å². The Labute approximate surface area is 113 Å². The summed E-state index contributed by atoms with van der Waals surface area (Å²) < 4.78 is 15.1. The lowest BCUT2D eigenvalue weighted by Gasteiger charge is -2.06. The van der Waals surface area contributed by atoms with Crippen molar-refractivity contribution in [1.29, 1.82) is 0 Å². The fourth-order valence-electron chi connectivity index (χ4n) is 2.10. The molecule has 0 unspecified atom stereocenters. The summed E-state index contributed by atoms with van der Waals surface area (Å²) in [6.07, 6.45) is 4.57. The van der Waals surface area contributed by atoms with Crippen LogP contribution in [0, 0.1) is 5.82 Å². The van der Waals surface area contributed by atoms with Gasteiger partial charge >= 0.3 is 0 Å². The molecule has 0 aliphatic rings. The standard InChI is InChI=1S/C14H11FN4O/c15-12-4-9-2-1-3-17-13(9)10(5-12)7-19-8-11(6-18-19)14(16)20/h1-6,8H,7H2,(H2,16,20). The first-order valence-electron chi connectivity index (χ1n) is 5.99. The third-order valence-electron chi connectivity index (χ3n) is 3.00. The molecule has 0 aliphatic carbocycles. The second-order valence-electron chi connectivity index (χ2n) is 4.43. The van der Waals surface area contributed by atoms with Crippen molar-refractivity contribution in [3.05, 3.63) is 59.8 Å². The summed E-state index contributed by atoms with van der Waals surface area (Å²) in [5.74, 6) is -0.874. The molecule has 20 heavy (non-hydrogen) atoms. The van der Waals surface area contributed by atoms with Gasteiger partial charge in [-0.05, 0) is 18.2 Å². The van der Waals surface area contributed by atoms with E-state index < -0.39 is 5.91 Å². The van der Waals surface area contributed by atoms with E-state index in [4.69, 9.17) is 5.73 Å². The molecule has 0 radical (unpaired) electrons. The van der Waals surface area contributed by atoms with Gasteiger partial charge in [-0.3, -0.25) is 14.5 Å². The molecule has 2 N–H and O–H groups in total. The molecule has 1 aromatic carbocycles. The number of nitrogens with zero attached hydrogens (tertiary/aromatic N) is 3. The molecule has 100 valence electrons. The third kappa shape index (κ3) is 2.23. The summed E-state index contributed by atoms with van der Waals surface area (Å²) in [7, 11) is 0. The molecule has 6 heteroatoms. The molecule has 2 heterocycles. The van der Waals surface area contributed by atoms with E-state index in [1.54, 1.807) is 18.3 Å². The number of rotatable bonds is 3. The van der Waals surface area contributed by atoms with E-state index in [2.05, 4.69) is 10.1 Å². The van der Waals surface area contributed by atoms with E-state index in [9.17, 15) is 9.18 Å². The molecular formula is C14H11FN4O. The lowest BCUT2D eigenvalue weighted by atomic mass is 10.1. The number of halogens is 1. The first-order valence-corrected chi connectivity index (χ1v) is 5.99. The molecule has 0 spiro atoms. The van der Waals surface area contributed by atoms with Crippen LogP contribution in [0.15, 0.2) is 42.9 Å². The molecule has 3 rings (SSSR count). The monoisotopic (exact) mass is 270 g/mol. The molecule has 1 amide bonds. The highest BCUT2D eigenvalue weighted by Crippen LogP contribution is 2.19. The summed E-state index contributed by atoms with van der Waals surface area (Å²) in [5.41, 5.74) is 6.90. The van der Waals surface area contributed by atoms with Crippen molar-refractivity contribution in [2.24, 2.45) is 5.73 Å². The van der Waals surface area contributed by atoms with Crippen LogP contribution in [-0.2, 0) is 6.54 Å². The van der Waals surface area contributed by atoms with Crippen LogP contribution in [0.2, 0.25) is 0 Å². The molecule has 0 saturated carbocycles. The molecule has 2 aromatic heterocycles. The van der Waals surface area contributed by atoms with Crippen LogP contribution in [0.25, 0.3) is 10.9 Å². The quantitative estimate of drug-likeness (QED) is 0.787. The van der Waals surface area contributed by atoms with Crippen molar-refractivity contribution in [3.8, 4) is 0 Å². The first-order chi connectivity index (χ1) is 9.63.